The molecular formula is C24H39N5O5S. The predicted octanol–water partition coefficient (Wildman–Crippen LogP) is 2.74. The summed E-state index contributed by atoms with van der Waals surface area (Å²) in [4.78, 5) is 55.9. The summed E-state index contributed by atoms with van der Waals surface area (Å²) in [5, 5.41) is 2.81. The molecule has 10 nitrogen and oxygen atoms in total. The molecule has 2 aromatic rings. The van der Waals surface area contributed by atoms with Gasteiger partial charge in [-0.1, -0.05) is 38.5 Å². The molecule has 1 amide bonds. The summed E-state index contributed by atoms with van der Waals surface area (Å²) in [6.07, 6.45) is 12.1. The highest BCUT2D eigenvalue weighted by Gasteiger charge is 2.21. The Hall–Kier alpha value is -2.56. The molecule has 0 aliphatic heterocycles. The van der Waals surface area contributed by atoms with Gasteiger partial charge in [-0.25, -0.2) is 14.6 Å². The number of H-pyrrole nitrogens is 1. The Labute approximate surface area is 210 Å². The van der Waals surface area contributed by atoms with Gasteiger partial charge in [0, 0.05) is 20.0 Å². The fourth-order valence-electron chi connectivity index (χ4n) is 4.00. The Morgan fingerprint density at radius 3 is 2.43 bits per heavy atom. The zero-order chi connectivity index (χ0) is 25.6. The Morgan fingerprint density at radius 1 is 1.11 bits per heavy atom. The van der Waals surface area contributed by atoms with E-state index in [2.05, 4.69) is 15.3 Å². The summed E-state index contributed by atoms with van der Waals surface area (Å²) in [7, 11) is 1.62. The number of imidazole rings is 1. The average Bonchev–Trinajstić information content (AvgIpc) is 3.34. The number of nitrogens with one attached hydrogen (secondary N) is 2. The van der Waals surface area contributed by atoms with Gasteiger partial charge in [0.1, 0.15) is 11.6 Å². The van der Waals surface area contributed by atoms with Crippen LogP contribution in [-0.4, -0.2) is 55.6 Å². The van der Waals surface area contributed by atoms with Gasteiger partial charge in [0.2, 0.25) is 5.91 Å². The van der Waals surface area contributed by atoms with Crippen LogP contribution in [0.15, 0.2) is 15.9 Å². The molecule has 0 saturated carbocycles. The van der Waals surface area contributed by atoms with Gasteiger partial charge in [-0.15, -0.1) is 0 Å². The lowest BCUT2D eigenvalue weighted by Crippen LogP contribution is -2.42. The topological polar surface area (TPSA) is 128 Å². The number of ether oxygens (including phenoxy) is 1. The smallest absolute Gasteiger partial charge is 0.332 e. The summed E-state index contributed by atoms with van der Waals surface area (Å²) < 4.78 is 7.73. The normalized spacial score (nSPS) is 12.1. The van der Waals surface area contributed by atoms with Gasteiger partial charge in [-0.05, 0) is 38.2 Å². The largest absolute Gasteiger partial charge is 0.464 e. The van der Waals surface area contributed by atoms with Crippen LogP contribution in [-0.2, 0) is 27.9 Å². The van der Waals surface area contributed by atoms with Crippen LogP contribution < -0.4 is 16.6 Å². The molecular weight excluding hydrogens is 470 g/mol. The monoisotopic (exact) mass is 509 g/mol. The second-order valence-electron chi connectivity index (χ2n) is 8.63. The van der Waals surface area contributed by atoms with E-state index < -0.39 is 6.04 Å². The number of carbonyl (C=O) groups is 2. The lowest BCUT2D eigenvalue weighted by atomic mass is 10.1. The van der Waals surface area contributed by atoms with Gasteiger partial charge in [-0.3, -0.25) is 18.7 Å². The Balaban J connectivity index is 1.57. The number of unbranched alkanes of at least 4 members (excludes halogenated alkanes) is 7. The molecule has 2 rings (SSSR count). The number of aromatic amines is 1. The second kappa shape index (κ2) is 15.4. The summed E-state index contributed by atoms with van der Waals surface area (Å²) in [5.74, 6) is 0.331. The van der Waals surface area contributed by atoms with E-state index in [1.165, 1.54) is 15.5 Å². The fourth-order valence-corrected chi connectivity index (χ4v) is 4.47. The van der Waals surface area contributed by atoms with Crippen molar-refractivity contribution in [2.24, 2.45) is 7.05 Å². The number of carbonyl (C=O) groups excluding carboxylic acids is 2. The summed E-state index contributed by atoms with van der Waals surface area (Å²) in [6, 6.07) is -0.563. The first-order valence-corrected chi connectivity index (χ1v) is 13.9. The summed E-state index contributed by atoms with van der Waals surface area (Å²) in [6.45, 7) is 2.47. The van der Waals surface area contributed by atoms with Gasteiger partial charge in [0.15, 0.2) is 5.65 Å². The molecule has 0 aliphatic rings. The molecule has 0 bridgehead atoms. The minimum Gasteiger partial charge on any atom is -0.464 e. The number of esters is 1. The van der Waals surface area contributed by atoms with Crippen LogP contribution in [0.3, 0.4) is 0 Å². The maximum atomic E-state index is 12.5. The maximum absolute atomic E-state index is 12.5. The van der Waals surface area contributed by atoms with Crippen molar-refractivity contribution < 1.29 is 14.3 Å². The minimum atomic E-state index is -0.563. The molecule has 2 aromatic heterocycles. The van der Waals surface area contributed by atoms with E-state index in [0.717, 1.165) is 57.1 Å². The van der Waals surface area contributed by atoms with Crippen molar-refractivity contribution in [3.63, 3.8) is 0 Å². The molecule has 196 valence electrons. The molecule has 0 radical (unpaired) electrons. The quantitative estimate of drug-likeness (QED) is 0.248. The van der Waals surface area contributed by atoms with Gasteiger partial charge >= 0.3 is 11.7 Å². The molecule has 11 heteroatoms. The van der Waals surface area contributed by atoms with E-state index in [4.69, 9.17) is 4.74 Å². The number of nitrogens with zero attached hydrogens (tertiary/aromatic N) is 3. The van der Waals surface area contributed by atoms with Crippen LogP contribution >= 0.6 is 11.8 Å². The number of aromatic nitrogens is 4. The van der Waals surface area contributed by atoms with Crippen LogP contribution in [0.25, 0.3) is 11.2 Å². The fraction of sp³-hybridized carbons (Fsp3) is 0.708. The van der Waals surface area contributed by atoms with Crippen molar-refractivity contribution in [3.8, 4) is 0 Å². The number of thioether (sulfide) groups is 1. The summed E-state index contributed by atoms with van der Waals surface area (Å²) in [5.41, 5.74) is 0.0826. The molecule has 35 heavy (non-hydrogen) atoms. The standard InChI is InChI=1S/C24H39N5O5S/c1-4-34-23(32)18(14-16-35-3)27-19(30)13-11-9-7-5-6-8-10-12-15-29-22(31)20-21(26-17-25-20)28(2)24(29)33/h17-18H,4-16H2,1-3H3,(H,25,26)(H,27,30)/t18-/m0/s1. The molecule has 0 spiro atoms. The highest BCUT2D eigenvalue weighted by Crippen LogP contribution is 2.11. The van der Waals surface area contributed by atoms with Crippen molar-refractivity contribution in [2.75, 3.05) is 18.6 Å². The van der Waals surface area contributed by atoms with Crippen molar-refractivity contribution in [2.45, 2.75) is 83.7 Å². The molecule has 1 atom stereocenters. The molecule has 0 fully saturated rings. The van der Waals surface area contributed by atoms with Crippen molar-refractivity contribution in [3.05, 3.63) is 27.2 Å². The van der Waals surface area contributed by atoms with E-state index in [9.17, 15) is 19.2 Å². The third-order valence-electron chi connectivity index (χ3n) is 5.97. The Morgan fingerprint density at radius 2 is 1.77 bits per heavy atom. The number of hydrogen-bond donors (Lipinski definition) is 2. The molecule has 0 aromatic carbocycles. The number of rotatable bonds is 17. The zero-order valence-corrected chi connectivity index (χ0v) is 22.0. The van der Waals surface area contributed by atoms with Crippen LogP contribution in [0.4, 0.5) is 0 Å². The third-order valence-corrected chi connectivity index (χ3v) is 6.61. The van der Waals surface area contributed by atoms with Crippen LogP contribution in [0.1, 0.15) is 71.1 Å². The van der Waals surface area contributed by atoms with Crippen molar-refractivity contribution >= 4 is 34.8 Å². The van der Waals surface area contributed by atoms with E-state index in [1.54, 1.807) is 25.7 Å². The SMILES string of the molecule is CCOC(=O)[C@H](CCSC)NC(=O)CCCCCCCCCCn1c(=O)c2[nH]cnc2n(C)c1=O. The lowest BCUT2D eigenvalue weighted by molar-refractivity contribution is -0.147. The van der Waals surface area contributed by atoms with Gasteiger partial charge in [0.25, 0.3) is 5.56 Å². The molecule has 2 heterocycles. The average molecular weight is 510 g/mol. The highest BCUT2D eigenvalue weighted by atomic mass is 32.2. The number of aryl methyl sites for hydroxylation is 1. The third kappa shape index (κ3) is 8.87. The van der Waals surface area contributed by atoms with Gasteiger partial charge in [-0.2, -0.15) is 11.8 Å². The van der Waals surface area contributed by atoms with E-state index in [0.29, 0.717) is 37.2 Å². The molecule has 0 unspecified atom stereocenters. The van der Waals surface area contributed by atoms with E-state index in [-0.39, 0.29) is 23.1 Å². The highest BCUT2D eigenvalue weighted by molar-refractivity contribution is 7.98. The van der Waals surface area contributed by atoms with Crippen LogP contribution in [0.5, 0.6) is 0 Å². The van der Waals surface area contributed by atoms with Crippen molar-refractivity contribution in [1.29, 1.82) is 0 Å². The molecule has 2 N–H and O–H groups in total. The first-order valence-electron chi connectivity index (χ1n) is 12.5. The molecule has 0 aliphatic carbocycles. The minimum absolute atomic E-state index is 0.0983. The second-order valence-corrected chi connectivity index (χ2v) is 9.62. The van der Waals surface area contributed by atoms with Crippen LogP contribution in [0, 0.1) is 0 Å². The number of hydrogen-bond acceptors (Lipinski definition) is 7. The predicted molar refractivity (Wildman–Crippen MR) is 139 cm³/mol. The summed E-state index contributed by atoms with van der Waals surface area (Å²) >= 11 is 1.63. The first-order chi connectivity index (χ1) is 16.9. The number of fused-ring (bicyclic) bond motifs is 1. The lowest BCUT2D eigenvalue weighted by Gasteiger charge is -2.16. The first kappa shape index (κ1) is 28.7. The zero-order valence-electron chi connectivity index (χ0n) is 21.1. The van der Waals surface area contributed by atoms with Gasteiger partial charge in [0.05, 0.1) is 12.9 Å². The van der Waals surface area contributed by atoms with Crippen LogP contribution in [0.2, 0.25) is 0 Å². The Kier molecular flexibility index (Phi) is 12.6. The van der Waals surface area contributed by atoms with Crippen molar-refractivity contribution in [1.82, 2.24) is 24.4 Å². The van der Waals surface area contributed by atoms with E-state index >= 15 is 0 Å². The number of amides is 1. The van der Waals surface area contributed by atoms with Gasteiger partial charge < -0.3 is 15.0 Å². The maximum Gasteiger partial charge on any atom is 0.332 e. The van der Waals surface area contributed by atoms with E-state index in [1.807, 2.05) is 6.26 Å². The Bertz CT molecular complexity index is 1060. The molecule has 0 saturated heterocycles.